The van der Waals surface area contributed by atoms with Gasteiger partial charge >= 0.3 is 0 Å². The maximum atomic E-state index is 13.0. The molecule has 0 aliphatic heterocycles. The van der Waals surface area contributed by atoms with Crippen LogP contribution in [0, 0.1) is 0 Å². The fourth-order valence-corrected chi connectivity index (χ4v) is 2.95. The zero-order chi connectivity index (χ0) is 18.4. The molecule has 0 heterocycles. The van der Waals surface area contributed by atoms with Gasteiger partial charge in [-0.2, -0.15) is 0 Å². The lowest BCUT2D eigenvalue weighted by atomic mass is 9.85. The quantitative estimate of drug-likeness (QED) is 0.335. The van der Waals surface area contributed by atoms with Crippen molar-refractivity contribution in [2.75, 3.05) is 14.2 Å². The van der Waals surface area contributed by atoms with E-state index in [2.05, 4.69) is 12.1 Å². The summed E-state index contributed by atoms with van der Waals surface area (Å²) in [7, 11) is 2.87. The Labute approximate surface area is 147 Å². The Morgan fingerprint density at radius 3 is 2.24 bits per heavy atom. The van der Waals surface area contributed by atoms with E-state index in [9.17, 15) is 14.8 Å². The highest BCUT2D eigenvalue weighted by Gasteiger charge is 2.33. The molecule has 1 aromatic carbocycles. The number of carbonyl (C=O) groups excluding carboxylic acids is 2. The number of allylic oxidation sites excluding steroid dienone is 2. The predicted molar refractivity (Wildman–Crippen MR) is 94.3 cm³/mol. The number of hydrogen-bond acceptors (Lipinski definition) is 6. The molecule has 0 atom stereocenters. The highest BCUT2D eigenvalue weighted by Crippen LogP contribution is 2.36. The molecule has 0 spiro atoms. The van der Waals surface area contributed by atoms with Gasteiger partial charge in [0.1, 0.15) is 11.5 Å². The van der Waals surface area contributed by atoms with Gasteiger partial charge in [-0.15, -0.1) is 0 Å². The predicted octanol–water partition coefficient (Wildman–Crippen LogP) is 3.81. The molecule has 6 heteroatoms. The van der Waals surface area contributed by atoms with E-state index >= 15 is 0 Å². The zero-order valence-electron chi connectivity index (χ0n) is 14.8. The third-order valence-electron chi connectivity index (χ3n) is 4.26. The minimum atomic E-state index is -0.395. The maximum Gasteiger partial charge on any atom is 0.199 e. The number of carbonyl (C=O) groups is 2. The molecular formula is C19H23NO5. The number of rotatable bonds is 8. The molecule has 6 nitrogen and oxygen atoms in total. The highest BCUT2D eigenvalue weighted by molar-refractivity contribution is 6.37. The van der Waals surface area contributed by atoms with Crippen LogP contribution in [0.4, 0.5) is 0 Å². The molecule has 134 valence electrons. The van der Waals surface area contributed by atoms with Gasteiger partial charge in [-0.25, -0.2) is 0 Å². The molecule has 1 aliphatic rings. The molecule has 0 unspecified atom stereocenters. The highest BCUT2D eigenvalue weighted by atomic mass is 16.5. The standard InChI is InChI=1S/C19H23NO5/c1-4-5-6-7-8-13(20-23)12-11-14(21)17-15(24-2)9-10-16(25-3)18(17)19(12)22/h9-11,23H,4-8H2,1-3H3. The first-order valence-electron chi connectivity index (χ1n) is 8.36. The first kappa shape index (κ1) is 18.7. The average molecular weight is 345 g/mol. The van der Waals surface area contributed by atoms with Gasteiger partial charge in [0.25, 0.3) is 0 Å². The molecule has 0 amide bonds. The van der Waals surface area contributed by atoms with Gasteiger partial charge < -0.3 is 14.7 Å². The Morgan fingerprint density at radius 2 is 1.68 bits per heavy atom. The summed E-state index contributed by atoms with van der Waals surface area (Å²) in [4.78, 5) is 25.5. The summed E-state index contributed by atoms with van der Waals surface area (Å²) in [6.45, 7) is 2.10. The van der Waals surface area contributed by atoms with E-state index in [1.807, 2.05) is 0 Å². The van der Waals surface area contributed by atoms with Crippen molar-refractivity contribution in [3.8, 4) is 11.5 Å². The molecule has 25 heavy (non-hydrogen) atoms. The van der Waals surface area contributed by atoms with E-state index in [-0.39, 0.29) is 28.2 Å². The van der Waals surface area contributed by atoms with Crippen molar-refractivity contribution in [1.29, 1.82) is 0 Å². The number of unbranched alkanes of at least 4 members (excludes halogenated alkanes) is 3. The minimum Gasteiger partial charge on any atom is -0.496 e. The van der Waals surface area contributed by atoms with Crippen LogP contribution in [0.2, 0.25) is 0 Å². The molecule has 0 bridgehead atoms. The van der Waals surface area contributed by atoms with Crippen LogP contribution < -0.4 is 9.47 Å². The Hall–Kier alpha value is -2.63. The lowest BCUT2D eigenvalue weighted by Gasteiger charge is -2.20. The first-order chi connectivity index (χ1) is 12.1. The van der Waals surface area contributed by atoms with E-state index in [0.717, 1.165) is 25.7 Å². The van der Waals surface area contributed by atoms with E-state index in [0.29, 0.717) is 17.9 Å². The number of nitrogens with zero attached hydrogens (tertiary/aromatic N) is 1. The van der Waals surface area contributed by atoms with Gasteiger partial charge in [-0.05, 0) is 31.1 Å². The Morgan fingerprint density at radius 1 is 1.04 bits per heavy atom. The van der Waals surface area contributed by atoms with E-state index in [1.54, 1.807) is 12.1 Å². The molecule has 1 N–H and O–H groups in total. The lowest BCUT2D eigenvalue weighted by molar-refractivity contribution is 0.0983. The van der Waals surface area contributed by atoms with Gasteiger partial charge in [-0.1, -0.05) is 31.3 Å². The normalized spacial score (nSPS) is 14.2. The van der Waals surface area contributed by atoms with E-state index < -0.39 is 5.78 Å². The van der Waals surface area contributed by atoms with Crippen LogP contribution in [0.1, 0.15) is 59.7 Å². The van der Waals surface area contributed by atoms with Gasteiger partial charge in [0.05, 0.1) is 36.6 Å². The summed E-state index contributed by atoms with van der Waals surface area (Å²) in [6, 6.07) is 3.18. The molecule has 1 aromatic rings. The Kier molecular flexibility index (Phi) is 6.33. The van der Waals surface area contributed by atoms with Crippen molar-refractivity contribution >= 4 is 17.3 Å². The maximum absolute atomic E-state index is 13.0. The molecule has 0 saturated heterocycles. The second-order valence-corrected chi connectivity index (χ2v) is 5.83. The second kappa shape index (κ2) is 8.46. The topological polar surface area (TPSA) is 85.2 Å². The molecular weight excluding hydrogens is 322 g/mol. The van der Waals surface area contributed by atoms with Crippen molar-refractivity contribution in [3.05, 3.63) is 34.9 Å². The van der Waals surface area contributed by atoms with Crippen LogP contribution in [-0.4, -0.2) is 36.7 Å². The molecule has 0 fully saturated rings. The number of oxime groups is 1. The van der Waals surface area contributed by atoms with Crippen LogP contribution >= 0.6 is 0 Å². The fourth-order valence-electron chi connectivity index (χ4n) is 2.95. The first-order valence-corrected chi connectivity index (χ1v) is 8.36. The number of ketones is 2. The van der Waals surface area contributed by atoms with Crippen molar-refractivity contribution in [3.63, 3.8) is 0 Å². The smallest absolute Gasteiger partial charge is 0.199 e. The number of methoxy groups -OCH3 is 2. The van der Waals surface area contributed by atoms with Crippen LogP contribution in [0.15, 0.2) is 28.9 Å². The van der Waals surface area contributed by atoms with Crippen LogP contribution in [0.3, 0.4) is 0 Å². The largest absolute Gasteiger partial charge is 0.496 e. The van der Waals surface area contributed by atoms with Crippen molar-refractivity contribution in [1.82, 2.24) is 0 Å². The van der Waals surface area contributed by atoms with E-state index in [1.165, 1.54) is 20.3 Å². The summed E-state index contributed by atoms with van der Waals surface area (Å²) < 4.78 is 10.5. The van der Waals surface area contributed by atoms with Gasteiger partial charge in [0.15, 0.2) is 11.6 Å². The third-order valence-corrected chi connectivity index (χ3v) is 4.26. The molecule has 2 rings (SSSR count). The SMILES string of the molecule is CCCCCCC(=NO)C1=CC(=O)c2c(OC)ccc(OC)c2C1=O. The van der Waals surface area contributed by atoms with Crippen molar-refractivity contribution < 1.29 is 24.3 Å². The number of Topliss-reactive ketones (excluding diaryl/α,β-unsaturated/α-hetero) is 1. The summed E-state index contributed by atoms with van der Waals surface area (Å²) in [6.07, 6.45) is 5.56. The third kappa shape index (κ3) is 3.73. The van der Waals surface area contributed by atoms with Crippen LogP contribution in [-0.2, 0) is 0 Å². The van der Waals surface area contributed by atoms with Crippen LogP contribution in [0.25, 0.3) is 0 Å². The van der Waals surface area contributed by atoms with Crippen molar-refractivity contribution in [2.24, 2.45) is 5.16 Å². The summed E-state index contributed by atoms with van der Waals surface area (Å²) in [5, 5.41) is 12.6. The van der Waals surface area contributed by atoms with E-state index in [4.69, 9.17) is 9.47 Å². The van der Waals surface area contributed by atoms with Gasteiger partial charge in [0, 0.05) is 0 Å². The van der Waals surface area contributed by atoms with Crippen LogP contribution in [0.5, 0.6) is 11.5 Å². The summed E-state index contributed by atoms with van der Waals surface area (Å²) in [5.41, 5.74) is 0.672. The summed E-state index contributed by atoms with van der Waals surface area (Å²) >= 11 is 0. The van der Waals surface area contributed by atoms with Crippen molar-refractivity contribution in [2.45, 2.75) is 39.0 Å². The Bertz CT molecular complexity index is 734. The van der Waals surface area contributed by atoms with Gasteiger partial charge in [0.2, 0.25) is 0 Å². The molecule has 0 aromatic heterocycles. The monoisotopic (exact) mass is 345 g/mol. The number of benzene rings is 1. The summed E-state index contributed by atoms with van der Waals surface area (Å²) in [5.74, 6) is -0.151. The molecule has 0 radical (unpaired) electrons. The average Bonchev–Trinajstić information content (AvgIpc) is 2.64. The fraction of sp³-hybridized carbons (Fsp3) is 0.421. The van der Waals surface area contributed by atoms with Gasteiger partial charge in [-0.3, -0.25) is 9.59 Å². The lowest BCUT2D eigenvalue weighted by Crippen LogP contribution is -2.23. The molecule has 0 saturated carbocycles. The number of ether oxygens (including phenoxy) is 2. The number of hydrogen-bond donors (Lipinski definition) is 1. The Balaban J connectivity index is 2.40. The zero-order valence-corrected chi connectivity index (χ0v) is 14.8. The minimum absolute atomic E-state index is 0.114. The number of fused-ring (bicyclic) bond motifs is 1. The molecule has 1 aliphatic carbocycles. The second-order valence-electron chi connectivity index (χ2n) is 5.83.